The summed E-state index contributed by atoms with van der Waals surface area (Å²) < 4.78 is 7.07. The van der Waals surface area contributed by atoms with Gasteiger partial charge in [-0.15, -0.1) is 0 Å². The van der Waals surface area contributed by atoms with E-state index >= 15 is 0 Å². The Morgan fingerprint density at radius 2 is 1.85 bits per heavy atom. The summed E-state index contributed by atoms with van der Waals surface area (Å²) >= 11 is 5.57. The molecule has 0 amide bonds. The lowest BCUT2D eigenvalue weighted by molar-refractivity contribution is 0.269. The zero-order valence-electron chi connectivity index (χ0n) is 15.1. The van der Waals surface area contributed by atoms with Gasteiger partial charge in [-0.2, -0.15) is 0 Å². The number of imidazole rings is 1. The third-order valence-electron chi connectivity index (χ3n) is 5.08. The Bertz CT molecular complexity index is 1000. The van der Waals surface area contributed by atoms with Gasteiger partial charge in [0.1, 0.15) is 5.75 Å². The summed E-state index contributed by atoms with van der Waals surface area (Å²) in [6.45, 7) is 1.64. The second-order valence-electron chi connectivity index (χ2n) is 6.69. The second-order valence-corrected chi connectivity index (χ2v) is 7.08. The number of para-hydroxylation sites is 2. The Morgan fingerprint density at radius 1 is 1.15 bits per heavy atom. The van der Waals surface area contributed by atoms with Crippen molar-refractivity contribution in [1.29, 1.82) is 0 Å². The van der Waals surface area contributed by atoms with Gasteiger partial charge in [-0.3, -0.25) is 4.57 Å². The van der Waals surface area contributed by atoms with Gasteiger partial charge in [0.15, 0.2) is 5.11 Å². The van der Waals surface area contributed by atoms with Gasteiger partial charge in [0, 0.05) is 24.8 Å². The minimum absolute atomic E-state index is 0.0337. The maximum absolute atomic E-state index is 12.4. The molecule has 1 aromatic heterocycles. The summed E-state index contributed by atoms with van der Waals surface area (Å²) in [5, 5.41) is 3.99. The molecule has 2 N–H and O–H groups in total. The predicted octanol–water partition coefficient (Wildman–Crippen LogP) is 3.37. The molecular weight excluding hydrogens is 360 g/mol. The number of anilines is 1. The van der Waals surface area contributed by atoms with Gasteiger partial charge in [-0.25, -0.2) is 4.79 Å². The molecule has 1 aliphatic rings. The van der Waals surface area contributed by atoms with Crippen molar-refractivity contribution in [2.24, 2.45) is 0 Å². The summed E-state index contributed by atoms with van der Waals surface area (Å²) in [5.41, 5.74) is 2.77. The van der Waals surface area contributed by atoms with Crippen molar-refractivity contribution < 1.29 is 4.74 Å². The molecule has 2 aromatic carbocycles. The monoisotopic (exact) mass is 382 g/mol. The lowest BCUT2D eigenvalue weighted by atomic mass is 10.0. The van der Waals surface area contributed by atoms with Crippen LogP contribution in [0.3, 0.4) is 0 Å². The van der Waals surface area contributed by atoms with Crippen molar-refractivity contribution in [1.82, 2.24) is 14.5 Å². The highest BCUT2D eigenvalue weighted by Crippen LogP contribution is 2.25. The maximum Gasteiger partial charge on any atom is 0.326 e. The minimum Gasteiger partial charge on any atom is -0.497 e. The number of ether oxygens (including phenoxy) is 1. The molecule has 7 heteroatoms. The first-order valence-electron chi connectivity index (χ1n) is 9.05. The third-order valence-corrected chi connectivity index (χ3v) is 5.44. The number of aromatic amines is 1. The van der Waals surface area contributed by atoms with E-state index in [1.807, 2.05) is 53.1 Å². The molecule has 3 aromatic rings. The van der Waals surface area contributed by atoms with E-state index < -0.39 is 0 Å². The highest BCUT2D eigenvalue weighted by Gasteiger charge is 2.24. The van der Waals surface area contributed by atoms with Crippen LogP contribution in [0, 0.1) is 0 Å². The molecule has 0 unspecified atom stereocenters. The number of piperidine rings is 1. The van der Waals surface area contributed by atoms with Crippen molar-refractivity contribution in [2.45, 2.75) is 18.9 Å². The standard InChI is InChI=1S/C20H22N4O2S/c1-26-16-8-6-14(7-9-16)21-20(27)23-12-10-15(11-13-23)24-18-5-3-2-4-17(18)22-19(24)25/h2-9,15H,10-13H2,1H3,(H,21,27)(H,22,25). The first-order chi connectivity index (χ1) is 13.2. The van der Waals surface area contributed by atoms with Crippen molar-refractivity contribution in [3.05, 3.63) is 59.0 Å². The van der Waals surface area contributed by atoms with Gasteiger partial charge in [0.25, 0.3) is 0 Å². The van der Waals surface area contributed by atoms with Gasteiger partial charge < -0.3 is 19.9 Å². The van der Waals surface area contributed by atoms with E-state index in [-0.39, 0.29) is 11.7 Å². The van der Waals surface area contributed by atoms with E-state index in [1.54, 1.807) is 7.11 Å². The van der Waals surface area contributed by atoms with Crippen LogP contribution in [-0.4, -0.2) is 39.8 Å². The number of nitrogens with zero attached hydrogens (tertiary/aromatic N) is 2. The van der Waals surface area contributed by atoms with Gasteiger partial charge >= 0.3 is 5.69 Å². The van der Waals surface area contributed by atoms with Crippen molar-refractivity contribution in [3.63, 3.8) is 0 Å². The van der Waals surface area contributed by atoms with Gasteiger partial charge in [-0.05, 0) is 61.5 Å². The number of hydrogen-bond donors (Lipinski definition) is 2. The molecular formula is C20H22N4O2S. The van der Waals surface area contributed by atoms with Crippen LogP contribution in [0.15, 0.2) is 53.3 Å². The smallest absolute Gasteiger partial charge is 0.326 e. The van der Waals surface area contributed by atoms with Crippen molar-refractivity contribution >= 4 is 34.1 Å². The van der Waals surface area contributed by atoms with Crippen LogP contribution in [0.5, 0.6) is 5.75 Å². The molecule has 4 rings (SSSR count). The highest BCUT2D eigenvalue weighted by molar-refractivity contribution is 7.80. The quantitative estimate of drug-likeness (QED) is 0.680. The average molecular weight is 382 g/mol. The molecule has 140 valence electrons. The van der Waals surface area contributed by atoms with E-state index in [4.69, 9.17) is 17.0 Å². The summed E-state index contributed by atoms with van der Waals surface area (Å²) in [5.74, 6) is 0.816. The average Bonchev–Trinajstić information content (AvgIpc) is 3.04. The van der Waals surface area contributed by atoms with Gasteiger partial charge in [-0.1, -0.05) is 12.1 Å². The number of fused-ring (bicyclic) bond motifs is 1. The number of aromatic nitrogens is 2. The molecule has 1 fully saturated rings. The number of nitrogens with one attached hydrogen (secondary N) is 2. The zero-order valence-corrected chi connectivity index (χ0v) is 16.0. The maximum atomic E-state index is 12.4. The van der Waals surface area contributed by atoms with Crippen LogP contribution in [0.25, 0.3) is 11.0 Å². The fourth-order valence-corrected chi connectivity index (χ4v) is 3.94. The Labute approximate surface area is 162 Å². The number of methoxy groups -OCH3 is 1. The number of H-pyrrole nitrogens is 1. The van der Waals surface area contributed by atoms with Crippen LogP contribution in [0.4, 0.5) is 5.69 Å². The van der Waals surface area contributed by atoms with E-state index in [2.05, 4.69) is 15.2 Å². The summed E-state index contributed by atoms with van der Waals surface area (Å²) in [4.78, 5) is 17.5. The lowest BCUT2D eigenvalue weighted by Crippen LogP contribution is -2.42. The molecule has 1 aliphatic heterocycles. The minimum atomic E-state index is -0.0337. The molecule has 27 heavy (non-hydrogen) atoms. The van der Waals surface area contributed by atoms with Gasteiger partial charge in [0.2, 0.25) is 0 Å². The summed E-state index contributed by atoms with van der Waals surface area (Å²) in [6.07, 6.45) is 1.76. The normalized spacial score (nSPS) is 15.1. The number of benzene rings is 2. The van der Waals surface area contributed by atoms with Crippen molar-refractivity contribution in [3.8, 4) is 5.75 Å². The molecule has 0 aliphatic carbocycles. The van der Waals surface area contributed by atoms with Crippen LogP contribution >= 0.6 is 12.2 Å². The molecule has 0 spiro atoms. The largest absolute Gasteiger partial charge is 0.497 e. The first-order valence-corrected chi connectivity index (χ1v) is 9.46. The fraction of sp³-hybridized carbons (Fsp3) is 0.300. The number of thiocarbonyl (C=S) groups is 1. The number of hydrogen-bond acceptors (Lipinski definition) is 3. The van der Waals surface area contributed by atoms with Crippen LogP contribution < -0.4 is 15.7 Å². The summed E-state index contributed by atoms with van der Waals surface area (Å²) in [7, 11) is 1.65. The summed E-state index contributed by atoms with van der Waals surface area (Å²) in [6, 6.07) is 15.7. The Hall–Kier alpha value is -2.80. The highest BCUT2D eigenvalue weighted by atomic mass is 32.1. The Balaban J connectivity index is 1.41. The van der Waals surface area contributed by atoms with E-state index in [0.29, 0.717) is 5.11 Å². The first kappa shape index (κ1) is 17.6. The SMILES string of the molecule is COc1ccc(NC(=S)N2CCC(n3c(=O)[nH]c4ccccc43)CC2)cc1. The lowest BCUT2D eigenvalue weighted by Gasteiger charge is -2.34. The molecule has 0 bridgehead atoms. The topological polar surface area (TPSA) is 62.3 Å². The van der Waals surface area contributed by atoms with Gasteiger partial charge in [0.05, 0.1) is 18.1 Å². The second kappa shape index (κ2) is 7.44. The number of rotatable bonds is 3. The van der Waals surface area contributed by atoms with E-state index in [1.165, 1.54) is 0 Å². The molecule has 1 saturated heterocycles. The van der Waals surface area contributed by atoms with Crippen LogP contribution in [0.2, 0.25) is 0 Å². The fourth-order valence-electron chi connectivity index (χ4n) is 3.64. The molecule has 0 atom stereocenters. The zero-order chi connectivity index (χ0) is 18.8. The molecule has 6 nitrogen and oxygen atoms in total. The molecule has 0 radical (unpaired) electrons. The predicted molar refractivity (Wildman–Crippen MR) is 112 cm³/mol. The molecule has 2 heterocycles. The Kier molecular flexibility index (Phi) is 4.85. The van der Waals surface area contributed by atoms with Crippen LogP contribution in [-0.2, 0) is 0 Å². The van der Waals surface area contributed by atoms with Crippen molar-refractivity contribution in [2.75, 3.05) is 25.5 Å². The number of likely N-dealkylation sites (tertiary alicyclic amines) is 1. The third kappa shape index (κ3) is 3.55. The molecule has 0 saturated carbocycles. The van der Waals surface area contributed by atoms with E-state index in [9.17, 15) is 4.79 Å². The Morgan fingerprint density at radius 3 is 2.56 bits per heavy atom. The van der Waals surface area contributed by atoms with Crippen LogP contribution in [0.1, 0.15) is 18.9 Å². The van der Waals surface area contributed by atoms with E-state index in [0.717, 1.165) is 48.4 Å².